The zero-order valence-electron chi connectivity index (χ0n) is 11.9. The van der Waals surface area contributed by atoms with E-state index in [0.717, 1.165) is 0 Å². The van der Waals surface area contributed by atoms with Crippen molar-refractivity contribution in [3.05, 3.63) is 24.5 Å². The normalized spacial score (nSPS) is 22.9. The number of aromatic nitrogens is 1. The van der Waals surface area contributed by atoms with Gasteiger partial charge in [0, 0.05) is 24.6 Å². The molecule has 0 saturated carbocycles. The zero-order chi connectivity index (χ0) is 15.0. The van der Waals surface area contributed by atoms with Crippen LogP contribution in [0.15, 0.2) is 24.5 Å². The first-order valence-electron chi connectivity index (χ1n) is 6.48. The summed E-state index contributed by atoms with van der Waals surface area (Å²) in [5.74, 6) is -0.253. The number of ether oxygens (including phenoxy) is 1. The smallest absolute Gasteiger partial charge is 0.405 e. The zero-order valence-corrected chi connectivity index (χ0v) is 11.9. The van der Waals surface area contributed by atoms with E-state index in [1.165, 1.54) is 0 Å². The maximum atomic E-state index is 12.8. The molecule has 1 saturated heterocycles. The minimum atomic E-state index is -1.23. The largest absolute Gasteiger partial charge is 0.432 e. The van der Waals surface area contributed by atoms with Crippen LogP contribution in [-0.2, 0) is 9.53 Å². The Labute approximate surface area is 117 Å². The first kappa shape index (κ1) is 14.3. The van der Waals surface area contributed by atoms with E-state index in [1.54, 1.807) is 29.4 Å². The third kappa shape index (κ3) is 2.21. The molecular formula is C14H19N3O3. The van der Waals surface area contributed by atoms with E-state index in [1.807, 2.05) is 20.8 Å². The monoisotopic (exact) mass is 277 g/mol. The minimum Gasteiger partial charge on any atom is -0.432 e. The third-order valence-corrected chi connectivity index (χ3v) is 3.72. The molecule has 1 atom stereocenters. The Morgan fingerprint density at radius 2 is 2.20 bits per heavy atom. The van der Waals surface area contributed by atoms with Crippen molar-refractivity contribution in [1.82, 2.24) is 4.98 Å². The number of hydrogen-bond donors (Lipinski definition) is 1. The molecule has 2 rings (SSSR count). The van der Waals surface area contributed by atoms with Crippen LogP contribution in [0, 0.1) is 5.41 Å². The van der Waals surface area contributed by atoms with Crippen molar-refractivity contribution in [1.29, 1.82) is 0 Å². The summed E-state index contributed by atoms with van der Waals surface area (Å²) in [5, 5.41) is 0. The van der Waals surface area contributed by atoms with Gasteiger partial charge in [-0.25, -0.2) is 4.79 Å². The van der Waals surface area contributed by atoms with Crippen LogP contribution >= 0.6 is 0 Å². The number of anilines is 1. The highest BCUT2D eigenvalue weighted by molar-refractivity contribution is 6.03. The molecule has 2 heterocycles. The molecule has 1 aromatic heterocycles. The number of nitrogens with two attached hydrogens (primary N) is 1. The Balaban J connectivity index is 2.38. The summed E-state index contributed by atoms with van der Waals surface area (Å²) in [4.78, 5) is 29.6. The van der Waals surface area contributed by atoms with Crippen LogP contribution < -0.4 is 10.6 Å². The maximum absolute atomic E-state index is 12.8. The number of rotatable bonds is 2. The van der Waals surface area contributed by atoms with E-state index in [4.69, 9.17) is 10.5 Å². The van der Waals surface area contributed by atoms with E-state index in [2.05, 4.69) is 4.98 Å². The Hall–Kier alpha value is -2.11. The van der Waals surface area contributed by atoms with Gasteiger partial charge in [0.15, 0.2) is 5.60 Å². The number of amides is 2. The summed E-state index contributed by atoms with van der Waals surface area (Å²) in [6.45, 7) is 6.05. The first-order chi connectivity index (χ1) is 9.28. The lowest BCUT2D eigenvalue weighted by molar-refractivity contribution is -0.144. The van der Waals surface area contributed by atoms with Gasteiger partial charge < -0.3 is 15.4 Å². The Bertz CT molecular complexity index is 524. The van der Waals surface area contributed by atoms with E-state index in [9.17, 15) is 9.59 Å². The van der Waals surface area contributed by atoms with Crippen LogP contribution in [0.4, 0.5) is 10.5 Å². The number of carbonyl (C=O) groups is 2. The molecule has 0 spiro atoms. The Kier molecular flexibility index (Phi) is 3.41. The van der Waals surface area contributed by atoms with Crippen molar-refractivity contribution in [3.8, 4) is 0 Å². The minimum absolute atomic E-state index is 0.253. The van der Waals surface area contributed by atoms with Gasteiger partial charge in [0.25, 0.3) is 5.91 Å². The topological polar surface area (TPSA) is 85.5 Å². The van der Waals surface area contributed by atoms with Crippen LogP contribution in [0.25, 0.3) is 0 Å². The fourth-order valence-corrected chi connectivity index (χ4v) is 2.57. The second-order valence-corrected chi connectivity index (χ2v) is 5.92. The molecule has 1 fully saturated rings. The van der Waals surface area contributed by atoms with Crippen molar-refractivity contribution in [3.63, 3.8) is 0 Å². The SMILES string of the molecule is CC(C)(C)C1(OC(N)=O)CCN(c2cccnc2)C1=O. The molecule has 1 aliphatic heterocycles. The van der Waals surface area contributed by atoms with Crippen molar-refractivity contribution in [2.45, 2.75) is 32.8 Å². The first-order valence-corrected chi connectivity index (χ1v) is 6.48. The molecule has 2 N–H and O–H groups in total. The Morgan fingerprint density at radius 3 is 2.70 bits per heavy atom. The number of carbonyl (C=O) groups excluding carboxylic acids is 2. The highest BCUT2D eigenvalue weighted by Gasteiger charge is 2.57. The summed E-state index contributed by atoms with van der Waals surface area (Å²) in [7, 11) is 0. The molecule has 0 bridgehead atoms. The Morgan fingerprint density at radius 1 is 1.50 bits per heavy atom. The fourth-order valence-electron chi connectivity index (χ4n) is 2.57. The standard InChI is InChI=1S/C14H19N3O3/c1-13(2,3)14(20-12(15)19)6-8-17(11(14)18)10-5-4-7-16-9-10/h4-5,7,9H,6,8H2,1-3H3,(H2,15,19). The second kappa shape index (κ2) is 4.77. The van der Waals surface area contributed by atoms with E-state index < -0.39 is 17.1 Å². The highest BCUT2D eigenvalue weighted by atomic mass is 16.6. The second-order valence-electron chi connectivity index (χ2n) is 5.92. The number of pyridine rings is 1. The predicted octanol–water partition coefficient (Wildman–Crippen LogP) is 1.70. The van der Waals surface area contributed by atoms with Crippen LogP contribution in [0.2, 0.25) is 0 Å². The van der Waals surface area contributed by atoms with E-state index in [-0.39, 0.29) is 5.91 Å². The average molecular weight is 277 g/mol. The van der Waals surface area contributed by atoms with E-state index in [0.29, 0.717) is 18.7 Å². The molecule has 0 radical (unpaired) electrons. The van der Waals surface area contributed by atoms with Gasteiger partial charge in [0.1, 0.15) is 0 Å². The van der Waals surface area contributed by atoms with Crippen molar-refractivity contribution in [2.75, 3.05) is 11.4 Å². The van der Waals surface area contributed by atoms with Gasteiger partial charge >= 0.3 is 6.09 Å². The summed E-state index contributed by atoms with van der Waals surface area (Å²) >= 11 is 0. The number of hydrogen-bond acceptors (Lipinski definition) is 4. The van der Waals surface area contributed by atoms with Gasteiger partial charge in [0.05, 0.1) is 11.9 Å². The molecular weight excluding hydrogens is 258 g/mol. The van der Waals surface area contributed by atoms with Crippen LogP contribution in [0.5, 0.6) is 0 Å². The summed E-state index contributed by atoms with van der Waals surface area (Å²) in [5.41, 5.74) is 4.07. The van der Waals surface area contributed by atoms with Crippen molar-refractivity contribution >= 4 is 17.7 Å². The lowest BCUT2D eigenvalue weighted by Crippen LogP contribution is -2.54. The summed E-state index contributed by atoms with van der Waals surface area (Å²) in [6, 6.07) is 3.56. The summed E-state index contributed by atoms with van der Waals surface area (Å²) in [6.07, 6.45) is 2.73. The van der Waals surface area contributed by atoms with Crippen molar-refractivity contribution < 1.29 is 14.3 Å². The molecule has 6 heteroatoms. The number of nitrogens with zero attached hydrogens (tertiary/aromatic N) is 2. The molecule has 1 aromatic rings. The number of primary amides is 1. The van der Waals surface area contributed by atoms with Gasteiger partial charge in [0.2, 0.25) is 0 Å². The lowest BCUT2D eigenvalue weighted by Gasteiger charge is -2.38. The highest BCUT2D eigenvalue weighted by Crippen LogP contribution is 2.43. The van der Waals surface area contributed by atoms with Crippen LogP contribution in [-0.4, -0.2) is 29.1 Å². The summed E-state index contributed by atoms with van der Waals surface area (Å²) < 4.78 is 5.25. The fraction of sp³-hybridized carbons (Fsp3) is 0.500. The molecule has 0 aliphatic carbocycles. The van der Waals surface area contributed by atoms with Gasteiger partial charge in [-0.15, -0.1) is 0 Å². The average Bonchev–Trinajstić information content (AvgIpc) is 2.68. The van der Waals surface area contributed by atoms with Crippen LogP contribution in [0.1, 0.15) is 27.2 Å². The molecule has 6 nitrogen and oxygen atoms in total. The molecule has 0 aromatic carbocycles. The maximum Gasteiger partial charge on any atom is 0.405 e. The van der Waals surface area contributed by atoms with Crippen molar-refractivity contribution in [2.24, 2.45) is 11.1 Å². The molecule has 1 aliphatic rings. The molecule has 20 heavy (non-hydrogen) atoms. The molecule has 1 unspecified atom stereocenters. The van der Waals surface area contributed by atoms with Crippen LogP contribution in [0.3, 0.4) is 0 Å². The predicted molar refractivity (Wildman–Crippen MR) is 74.1 cm³/mol. The van der Waals surface area contributed by atoms with Gasteiger partial charge in [-0.2, -0.15) is 0 Å². The quantitative estimate of drug-likeness (QED) is 0.891. The van der Waals surface area contributed by atoms with Gasteiger partial charge in [-0.05, 0) is 12.1 Å². The lowest BCUT2D eigenvalue weighted by atomic mass is 9.75. The van der Waals surface area contributed by atoms with Gasteiger partial charge in [-0.1, -0.05) is 20.8 Å². The van der Waals surface area contributed by atoms with E-state index >= 15 is 0 Å². The molecule has 108 valence electrons. The van der Waals surface area contributed by atoms with Gasteiger partial charge in [-0.3, -0.25) is 9.78 Å². The third-order valence-electron chi connectivity index (χ3n) is 3.72. The molecule has 2 amide bonds.